The van der Waals surface area contributed by atoms with Gasteiger partial charge in [0.05, 0.1) is 6.61 Å². The molecule has 1 atom stereocenters. The maximum atomic E-state index is 5.06. The molecular formula is C12H28N2O. The van der Waals surface area contributed by atoms with Gasteiger partial charge in [-0.3, -0.25) is 0 Å². The molecule has 3 heteroatoms. The van der Waals surface area contributed by atoms with Crippen LogP contribution in [0.5, 0.6) is 0 Å². The lowest BCUT2D eigenvalue weighted by atomic mass is 10.2. The summed E-state index contributed by atoms with van der Waals surface area (Å²) in [6, 6.07) is 0.457. The topological polar surface area (TPSA) is 24.5 Å². The van der Waals surface area contributed by atoms with Crippen molar-refractivity contribution in [2.24, 2.45) is 0 Å². The third kappa shape index (κ3) is 10.2. The lowest BCUT2D eigenvalue weighted by molar-refractivity contribution is 0.170. The van der Waals surface area contributed by atoms with E-state index in [1.54, 1.807) is 7.11 Å². The van der Waals surface area contributed by atoms with Crippen LogP contribution in [0.3, 0.4) is 0 Å². The fourth-order valence-corrected chi connectivity index (χ4v) is 1.55. The molecule has 0 spiro atoms. The number of methoxy groups -OCH3 is 1. The zero-order valence-corrected chi connectivity index (χ0v) is 10.9. The van der Waals surface area contributed by atoms with Gasteiger partial charge in [-0.25, -0.2) is 0 Å². The molecule has 0 aromatic carbocycles. The summed E-state index contributed by atoms with van der Waals surface area (Å²) in [5.74, 6) is 0. The molecule has 0 aliphatic rings. The van der Waals surface area contributed by atoms with Gasteiger partial charge in [-0.15, -0.1) is 0 Å². The first-order valence-electron chi connectivity index (χ1n) is 6.11. The van der Waals surface area contributed by atoms with E-state index in [1.165, 1.54) is 25.8 Å². The Morgan fingerprint density at radius 3 is 2.60 bits per heavy atom. The highest BCUT2D eigenvalue weighted by atomic mass is 16.5. The molecule has 0 aliphatic carbocycles. The fourth-order valence-electron chi connectivity index (χ4n) is 1.55. The molecule has 0 saturated heterocycles. The minimum absolute atomic E-state index is 0.457. The second kappa shape index (κ2) is 10.4. The smallest absolute Gasteiger partial charge is 0.0613 e. The summed E-state index contributed by atoms with van der Waals surface area (Å²) < 4.78 is 5.06. The highest BCUT2D eigenvalue weighted by molar-refractivity contribution is 4.61. The van der Waals surface area contributed by atoms with E-state index in [0.29, 0.717) is 6.04 Å². The Labute approximate surface area is 95.2 Å². The number of ether oxygens (including phenoxy) is 1. The van der Waals surface area contributed by atoms with Gasteiger partial charge in [0.15, 0.2) is 0 Å². The quantitative estimate of drug-likeness (QED) is 0.563. The fraction of sp³-hybridized carbons (Fsp3) is 1.00. The van der Waals surface area contributed by atoms with E-state index in [2.05, 4.69) is 31.1 Å². The van der Waals surface area contributed by atoms with Crippen LogP contribution in [0.1, 0.15) is 33.1 Å². The van der Waals surface area contributed by atoms with Crippen LogP contribution in [0.4, 0.5) is 0 Å². The van der Waals surface area contributed by atoms with Gasteiger partial charge < -0.3 is 15.0 Å². The van der Waals surface area contributed by atoms with Crippen LogP contribution in [-0.2, 0) is 4.74 Å². The van der Waals surface area contributed by atoms with Crippen LogP contribution in [0, 0.1) is 0 Å². The zero-order chi connectivity index (χ0) is 11.5. The summed E-state index contributed by atoms with van der Waals surface area (Å²) in [5, 5.41) is 3.44. The summed E-state index contributed by atoms with van der Waals surface area (Å²) >= 11 is 0. The van der Waals surface area contributed by atoms with Gasteiger partial charge in [-0.2, -0.15) is 0 Å². The first kappa shape index (κ1) is 14.9. The Hall–Kier alpha value is -0.120. The summed E-state index contributed by atoms with van der Waals surface area (Å²) in [7, 11) is 3.94. The third-order valence-corrected chi connectivity index (χ3v) is 2.55. The predicted octanol–water partition coefficient (Wildman–Crippen LogP) is 1.73. The van der Waals surface area contributed by atoms with Crippen LogP contribution in [-0.4, -0.2) is 51.3 Å². The van der Waals surface area contributed by atoms with Crippen molar-refractivity contribution in [2.75, 3.05) is 40.4 Å². The average Bonchev–Trinajstić information content (AvgIpc) is 2.18. The molecule has 3 nitrogen and oxygen atoms in total. The molecule has 0 aromatic heterocycles. The van der Waals surface area contributed by atoms with Gasteiger partial charge in [0.1, 0.15) is 0 Å². The predicted molar refractivity (Wildman–Crippen MR) is 66.4 cm³/mol. The van der Waals surface area contributed by atoms with Crippen molar-refractivity contribution in [3.05, 3.63) is 0 Å². The SMILES string of the molecule is CCCCCN(C)CCNC(C)COC. The van der Waals surface area contributed by atoms with Crippen LogP contribution in [0.15, 0.2) is 0 Å². The lowest BCUT2D eigenvalue weighted by Crippen LogP contribution is -2.36. The van der Waals surface area contributed by atoms with E-state index < -0.39 is 0 Å². The first-order valence-corrected chi connectivity index (χ1v) is 6.11. The molecule has 0 bridgehead atoms. The van der Waals surface area contributed by atoms with Gasteiger partial charge in [0.2, 0.25) is 0 Å². The number of unbranched alkanes of at least 4 members (excludes halogenated alkanes) is 2. The Morgan fingerprint density at radius 1 is 1.27 bits per heavy atom. The van der Waals surface area contributed by atoms with Gasteiger partial charge >= 0.3 is 0 Å². The monoisotopic (exact) mass is 216 g/mol. The minimum atomic E-state index is 0.457. The van der Waals surface area contributed by atoms with Gasteiger partial charge in [0.25, 0.3) is 0 Å². The number of likely N-dealkylation sites (N-methyl/N-ethyl adjacent to an activating group) is 1. The number of hydrogen-bond acceptors (Lipinski definition) is 3. The molecular weight excluding hydrogens is 188 g/mol. The molecule has 0 amide bonds. The van der Waals surface area contributed by atoms with Crippen molar-refractivity contribution >= 4 is 0 Å². The minimum Gasteiger partial charge on any atom is -0.383 e. The number of hydrogen-bond donors (Lipinski definition) is 1. The van der Waals surface area contributed by atoms with Crippen molar-refractivity contribution in [1.82, 2.24) is 10.2 Å². The molecule has 0 aliphatic heterocycles. The van der Waals surface area contributed by atoms with E-state index in [0.717, 1.165) is 19.7 Å². The molecule has 92 valence electrons. The summed E-state index contributed by atoms with van der Waals surface area (Å²) in [6.45, 7) is 8.58. The Balaban J connectivity index is 3.26. The highest BCUT2D eigenvalue weighted by Gasteiger charge is 2.01. The summed E-state index contributed by atoms with van der Waals surface area (Å²) in [6.07, 6.45) is 3.97. The van der Waals surface area contributed by atoms with Gasteiger partial charge in [-0.1, -0.05) is 19.8 Å². The zero-order valence-electron chi connectivity index (χ0n) is 10.9. The van der Waals surface area contributed by atoms with Crippen LogP contribution < -0.4 is 5.32 Å². The van der Waals surface area contributed by atoms with Crippen molar-refractivity contribution in [1.29, 1.82) is 0 Å². The van der Waals surface area contributed by atoms with E-state index in [4.69, 9.17) is 4.74 Å². The second-order valence-electron chi connectivity index (χ2n) is 4.32. The van der Waals surface area contributed by atoms with E-state index in [1.807, 2.05) is 0 Å². The molecule has 0 aromatic rings. The molecule has 0 saturated carbocycles. The molecule has 0 heterocycles. The number of nitrogens with one attached hydrogen (secondary N) is 1. The largest absolute Gasteiger partial charge is 0.383 e. The van der Waals surface area contributed by atoms with E-state index in [-0.39, 0.29) is 0 Å². The van der Waals surface area contributed by atoms with Gasteiger partial charge in [-0.05, 0) is 26.9 Å². The van der Waals surface area contributed by atoms with Crippen molar-refractivity contribution in [2.45, 2.75) is 39.2 Å². The molecule has 0 radical (unpaired) electrons. The molecule has 0 fully saturated rings. The Morgan fingerprint density at radius 2 is 2.00 bits per heavy atom. The lowest BCUT2D eigenvalue weighted by Gasteiger charge is -2.18. The maximum absolute atomic E-state index is 5.06. The third-order valence-electron chi connectivity index (χ3n) is 2.55. The Kier molecular flexibility index (Phi) is 10.3. The summed E-state index contributed by atoms with van der Waals surface area (Å²) in [5.41, 5.74) is 0. The van der Waals surface area contributed by atoms with Crippen LogP contribution in [0.2, 0.25) is 0 Å². The van der Waals surface area contributed by atoms with E-state index in [9.17, 15) is 0 Å². The second-order valence-corrected chi connectivity index (χ2v) is 4.32. The average molecular weight is 216 g/mol. The van der Waals surface area contributed by atoms with Crippen molar-refractivity contribution in [3.63, 3.8) is 0 Å². The molecule has 0 rings (SSSR count). The van der Waals surface area contributed by atoms with Crippen molar-refractivity contribution in [3.8, 4) is 0 Å². The molecule has 1 unspecified atom stereocenters. The normalized spacial score (nSPS) is 13.4. The summed E-state index contributed by atoms with van der Waals surface area (Å²) in [4.78, 5) is 2.39. The van der Waals surface area contributed by atoms with Gasteiger partial charge in [0, 0.05) is 26.2 Å². The maximum Gasteiger partial charge on any atom is 0.0613 e. The standard InChI is InChI=1S/C12H28N2O/c1-5-6-7-9-14(3)10-8-13-12(2)11-15-4/h12-13H,5-11H2,1-4H3. The first-order chi connectivity index (χ1) is 7.20. The van der Waals surface area contributed by atoms with Crippen molar-refractivity contribution < 1.29 is 4.74 Å². The van der Waals surface area contributed by atoms with E-state index >= 15 is 0 Å². The Bertz CT molecular complexity index is 131. The number of rotatable bonds is 10. The molecule has 1 N–H and O–H groups in total. The highest BCUT2D eigenvalue weighted by Crippen LogP contribution is 1.95. The van der Waals surface area contributed by atoms with Crippen LogP contribution >= 0.6 is 0 Å². The number of nitrogens with zero attached hydrogens (tertiary/aromatic N) is 1. The van der Waals surface area contributed by atoms with Crippen LogP contribution in [0.25, 0.3) is 0 Å². The molecule has 15 heavy (non-hydrogen) atoms.